The molecule has 0 saturated heterocycles. The van der Waals surface area contributed by atoms with Gasteiger partial charge >= 0.3 is 0 Å². The molecular formula is C15H23N3O2. The predicted octanol–water partition coefficient (Wildman–Crippen LogP) is 3.13. The summed E-state index contributed by atoms with van der Waals surface area (Å²) in [6.45, 7) is 9.61. The lowest BCUT2D eigenvalue weighted by Gasteiger charge is -2.08. The third kappa shape index (κ3) is 3.87. The summed E-state index contributed by atoms with van der Waals surface area (Å²) in [6.07, 6.45) is 5.36. The normalized spacial score (nSPS) is 11.5. The Morgan fingerprint density at radius 3 is 2.80 bits per heavy atom. The monoisotopic (exact) mass is 277 g/mol. The van der Waals surface area contributed by atoms with Crippen molar-refractivity contribution in [2.24, 2.45) is 0 Å². The molecule has 0 amide bonds. The summed E-state index contributed by atoms with van der Waals surface area (Å²) in [5.41, 5.74) is 1.07. The second-order valence-corrected chi connectivity index (χ2v) is 5.44. The van der Waals surface area contributed by atoms with Crippen molar-refractivity contribution in [2.75, 3.05) is 0 Å². The first kappa shape index (κ1) is 14.7. The first-order valence-corrected chi connectivity index (χ1v) is 7.02. The van der Waals surface area contributed by atoms with Gasteiger partial charge in [0, 0.05) is 17.6 Å². The number of nitrogens with zero attached hydrogens (tertiary/aromatic N) is 2. The Labute approximate surface area is 119 Å². The molecule has 0 aliphatic rings. The van der Waals surface area contributed by atoms with Gasteiger partial charge in [-0.1, -0.05) is 13.8 Å². The van der Waals surface area contributed by atoms with Crippen molar-refractivity contribution < 1.29 is 9.15 Å². The van der Waals surface area contributed by atoms with Gasteiger partial charge in [0.1, 0.15) is 12.4 Å². The first-order chi connectivity index (χ1) is 9.56. The molecule has 110 valence electrons. The molecule has 2 aromatic heterocycles. The SMILES string of the molecule is CC(C)NCc1occc1COc1cnn(C(C)C)c1. The van der Waals surface area contributed by atoms with Gasteiger partial charge in [0.2, 0.25) is 0 Å². The molecule has 0 saturated carbocycles. The molecule has 2 aromatic rings. The van der Waals surface area contributed by atoms with Gasteiger partial charge in [0.05, 0.1) is 25.2 Å². The quantitative estimate of drug-likeness (QED) is 0.844. The highest BCUT2D eigenvalue weighted by atomic mass is 16.5. The number of nitrogens with one attached hydrogen (secondary N) is 1. The fraction of sp³-hybridized carbons (Fsp3) is 0.533. The van der Waals surface area contributed by atoms with Gasteiger partial charge in [-0.05, 0) is 19.9 Å². The topological polar surface area (TPSA) is 52.2 Å². The van der Waals surface area contributed by atoms with Crippen molar-refractivity contribution >= 4 is 0 Å². The van der Waals surface area contributed by atoms with Crippen LogP contribution in [0.2, 0.25) is 0 Å². The maximum absolute atomic E-state index is 5.76. The van der Waals surface area contributed by atoms with Crippen LogP contribution in [0.5, 0.6) is 5.75 Å². The van der Waals surface area contributed by atoms with Crippen LogP contribution in [0.15, 0.2) is 29.1 Å². The highest BCUT2D eigenvalue weighted by Crippen LogP contribution is 2.17. The van der Waals surface area contributed by atoms with E-state index in [4.69, 9.17) is 9.15 Å². The zero-order valence-electron chi connectivity index (χ0n) is 12.6. The Morgan fingerprint density at radius 1 is 1.35 bits per heavy atom. The Hall–Kier alpha value is -1.75. The number of hydrogen-bond donors (Lipinski definition) is 1. The average molecular weight is 277 g/mol. The minimum absolute atomic E-state index is 0.340. The van der Waals surface area contributed by atoms with E-state index in [-0.39, 0.29) is 0 Å². The number of hydrogen-bond acceptors (Lipinski definition) is 4. The Morgan fingerprint density at radius 2 is 2.15 bits per heavy atom. The second-order valence-electron chi connectivity index (χ2n) is 5.44. The van der Waals surface area contributed by atoms with Crippen LogP contribution >= 0.6 is 0 Å². The molecule has 0 spiro atoms. The highest BCUT2D eigenvalue weighted by molar-refractivity contribution is 5.18. The van der Waals surface area contributed by atoms with E-state index < -0.39 is 0 Å². The highest BCUT2D eigenvalue weighted by Gasteiger charge is 2.09. The molecule has 20 heavy (non-hydrogen) atoms. The van der Waals surface area contributed by atoms with Gasteiger partial charge < -0.3 is 14.5 Å². The molecule has 5 heteroatoms. The van der Waals surface area contributed by atoms with E-state index >= 15 is 0 Å². The van der Waals surface area contributed by atoms with E-state index in [1.807, 2.05) is 16.9 Å². The second kappa shape index (κ2) is 6.61. The minimum atomic E-state index is 0.340. The molecule has 5 nitrogen and oxygen atoms in total. The number of ether oxygens (including phenoxy) is 1. The lowest BCUT2D eigenvalue weighted by Crippen LogP contribution is -2.22. The minimum Gasteiger partial charge on any atom is -0.485 e. The summed E-state index contributed by atoms with van der Waals surface area (Å²) in [4.78, 5) is 0. The van der Waals surface area contributed by atoms with Crippen LogP contribution in [0.1, 0.15) is 45.1 Å². The largest absolute Gasteiger partial charge is 0.485 e. The van der Waals surface area contributed by atoms with Crippen LogP contribution in [0.25, 0.3) is 0 Å². The Balaban J connectivity index is 1.91. The van der Waals surface area contributed by atoms with E-state index in [0.29, 0.717) is 25.2 Å². The lowest BCUT2D eigenvalue weighted by atomic mass is 10.2. The molecule has 0 bridgehead atoms. The molecular weight excluding hydrogens is 254 g/mol. The molecule has 1 N–H and O–H groups in total. The summed E-state index contributed by atoms with van der Waals surface area (Å²) in [5, 5.41) is 7.59. The van der Waals surface area contributed by atoms with E-state index in [1.165, 1.54) is 0 Å². The van der Waals surface area contributed by atoms with Crippen LogP contribution in [-0.4, -0.2) is 15.8 Å². The van der Waals surface area contributed by atoms with Crippen LogP contribution in [0, 0.1) is 0 Å². The molecule has 0 aromatic carbocycles. The average Bonchev–Trinajstić information content (AvgIpc) is 3.03. The molecule has 2 heterocycles. The van der Waals surface area contributed by atoms with Crippen molar-refractivity contribution in [1.29, 1.82) is 0 Å². The predicted molar refractivity (Wildman–Crippen MR) is 77.6 cm³/mol. The van der Waals surface area contributed by atoms with Crippen LogP contribution in [0.3, 0.4) is 0 Å². The maximum Gasteiger partial charge on any atom is 0.157 e. The molecule has 0 atom stereocenters. The van der Waals surface area contributed by atoms with Gasteiger partial charge in [-0.15, -0.1) is 0 Å². The van der Waals surface area contributed by atoms with E-state index in [1.54, 1.807) is 12.5 Å². The molecule has 0 aliphatic carbocycles. The molecule has 0 radical (unpaired) electrons. The summed E-state index contributed by atoms with van der Waals surface area (Å²) < 4.78 is 13.1. The summed E-state index contributed by atoms with van der Waals surface area (Å²) in [5.74, 6) is 1.71. The van der Waals surface area contributed by atoms with E-state index in [2.05, 4.69) is 38.1 Å². The van der Waals surface area contributed by atoms with Gasteiger partial charge in [-0.3, -0.25) is 4.68 Å². The van der Waals surface area contributed by atoms with Crippen LogP contribution < -0.4 is 10.1 Å². The Kier molecular flexibility index (Phi) is 4.84. The number of aromatic nitrogens is 2. The smallest absolute Gasteiger partial charge is 0.157 e. The Bertz CT molecular complexity index is 529. The zero-order valence-corrected chi connectivity index (χ0v) is 12.6. The molecule has 2 rings (SSSR count). The lowest BCUT2D eigenvalue weighted by molar-refractivity contribution is 0.300. The fourth-order valence-electron chi connectivity index (χ4n) is 1.79. The molecule has 0 fully saturated rings. The maximum atomic E-state index is 5.76. The van der Waals surface area contributed by atoms with Crippen LogP contribution in [-0.2, 0) is 13.2 Å². The summed E-state index contributed by atoms with van der Waals surface area (Å²) in [6, 6.07) is 2.72. The summed E-state index contributed by atoms with van der Waals surface area (Å²) >= 11 is 0. The first-order valence-electron chi connectivity index (χ1n) is 7.02. The number of rotatable bonds is 7. The van der Waals surface area contributed by atoms with Crippen molar-refractivity contribution in [1.82, 2.24) is 15.1 Å². The van der Waals surface area contributed by atoms with Crippen molar-refractivity contribution in [3.63, 3.8) is 0 Å². The fourth-order valence-corrected chi connectivity index (χ4v) is 1.79. The van der Waals surface area contributed by atoms with E-state index in [9.17, 15) is 0 Å². The van der Waals surface area contributed by atoms with Gasteiger partial charge in [0.15, 0.2) is 5.75 Å². The number of furan rings is 1. The van der Waals surface area contributed by atoms with Crippen molar-refractivity contribution in [3.05, 3.63) is 36.0 Å². The van der Waals surface area contributed by atoms with Gasteiger partial charge in [-0.2, -0.15) is 5.10 Å². The van der Waals surface area contributed by atoms with Crippen molar-refractivity contribution in [3.8, 4) is 5.75 Å². The van der Waals surface area contributed by atoms with Gasteiger partial charge in [0.25, 0.3) is 0 Å². The molecule has 0 unspecified atom stereocenters. The zero-order chi connectivity index (χ0) is 14.5. The molecule has 0 aliphatic heterocycles. The standard InChI is InChI=1S/C15H23N3O2/c1-11(2)16-8-15-13(5-6-19-15)10-20-14-7-17-18(9-14)12(3)4/h5-7,9,11-12,16H,8,10H2,1-4H3. The van der Waals surface area contributed by atoms with Crippen LogP contribution in [0.4, 0.5) is 0 Å². The van der Waals surface area contributed by atoms with Gasteiger partial charge in [-0.25, -0.2) is 0 Å². The third-order valence-electron chi connectivity index (χ3n) is 3.01. The third-order valence-corrected chi connectivity index (χ3v) is 3.01. The summed E-state index contributed by atoms with van der Waals surface area (Å²) in [7, 11) is 0. The van der Waals surface area contributed by atoms with E-state index in [0.717, 1.165) is 17.1 Å². The van der Waals surface area contributed by atoms with Crippen molar-refractivity contribution in [2.45, 2.75) is 52.9 Å².